The van der Waals surface area contributed by atoms with E-state index in [0.29, 0.717) is 5.75 Å². The van der Waals surface area contributed by atoms with Crippen LogP contribution in [-0.2, 0) is 4.79 Å². The van der Waals surface area contributed by atoms with E-state index in [0.717, 1.165) is 10.5 Å². The van der Waals surface area contributed by atoms with E-state index >= 15 is 0 Å². The highest BCUT2D eigenvalue weighted by Crippen LogP contribution is 2.26. The minimum absolute atomic E-state index is 0.0451. The molecule has 2 aliphatic heterocycles. The average molecular weight is 361 g/mol. The molecule has 1 saturated heterocycles. The summed E-state index contributed by atoms with van der Waals surface area (Å²) < 4.78 is 5.60. The van der Waals surface area contributed by atoms with Crippen LogP contribution in [-0.4, -0.2) is 83.3 Å². The molecule has 0 saturated carbocycles. The Labute approximate surface area is 151 Å². The molecule has 0 bridgehead atoms. The second-order valence-corrected chi connectivity index (χ2v) is 6.57. The average Bonchev–Trinajstić information content (AvgIpc) is 2.93. The normalized spacial score (nSPS) is 23.8. The number of aliphatic imine (C=N–C) groups is 1. The number of fused-ring (bicyclic) bond motifs is 1. The summed E-state index contributed by atoms with van der Waals surface area (Å²) in [6.07, 6.45) is -1.57. The Kier molecular flexibility index (Phi) is 4.73. The summed E-state index contributed by atoms with van der Waals surface area (Å²) in [7, 11) is 2.99. The van der Waals surface area contributed by atoms with Gasteiger partial charge >= 0.3 is 6.03 Å². The van der Waals surface area contributed by atoms with Crippen molar-refractivity contribution in [2.24, 2.45) is 10.7 Å². The van der Waals surface area contributed by atoms with Crippen molar-refractivity contribution in [3.05, 3.63) is 29.8 Å². The number of aliphatic hydroxyl groups excluding tert-OH is 1. The highest BCUT2D eigenvalue weighted by molar-refractivity contribution is 6.03. The van der Waals surface area contributed by atoms with Crippen LogP contribution in [0.5, 0.6) is 5.75 Å². The number of β-amino-alcohol motifs (C(OH)–C–C–N with tert-alkyl or cyclic N) is 1. The molecule has 3 rings (SSSR count). The van der Waals surface area contributed by atoms with Crippen LogP contribution in [0.2, 0.25) is 0 Å². The zero-order valence-electron chi connectivity index (χ0n) is 15.0. The van der Waals surface area contributed by atoms with Crippen molar-refractivity contribution < 1.29 is 19.4 Å². The van der Waals surface area contributed by atoms with Gasteiger partial charge in [0.15, 0.2) is 18.2 Å². The molecule has 3 amide bonds. The maximum atomic E-state index is 12.5. The summed E-state index contributed by atoms with van der Waals surface area (Å²) in [5.74, 6) is 0.385. The number of nitrogens with two attached hydrogens (primary N) is 1. The van der Waals surface area contributed by atoms with Crippen molar-refractivity contribution in [1.29, 1.82) is 0 Å². The van der Waals surface area contributed by atoms with Gasteiger partial charge < -0.3 is 25.4 Å². The Balaban J connectivity index is 1.66. The predicted octanol–water partition coefficient (Wildman–Crippen LogP) is -0.416. The van der Waals surface area contributed by atoms with Crippen molar-refractivity contribution >= 4 is 17.9 Å². The third-order valence-corrected chi connectivity index (χ3v) is 4.59. The maximum Gasteiger partial charge on any atom is 0.328 e. The van der Waals surface area contributed by atoms with Crippen LogP contribution in [0.3, 0.4) is 0 Å². The smallest absolute Gasteiger partial charge is 0.328 e. The number of aliphatic hydroxyl groups is 1. The van der Waals surface area contributed by atoms with E-state index in [1.165, 1.54) is 16.8 Å². The van der Waals surface area contributed by atoms with Gasteiger partial charge in [-0.1, -0.05) is 12.1 Å². The van der Waals surface area contributed by atoms with E-state index in [9.17, 15) is 14.7 Å². The summed E-state index contributed by atoms with van der Waals surface area (Å²) in [5.41, 5.74) is 7.00. The summed E-state index contributed by atoms with van der Waals surface area (Å²) in [6, 6.07) is 6.33. The summed E-state index contributed by atoms with van der Waals surface area (Å²) >= 11 is 0. The van der Waals surface area contributed by atoms with Crippen LogP contribution in [0.4, 0.5) is 4.79 Å². The molecule has 0 aromatic heterocycles. The van der Waals surface area contributed by atoms with Crippen LogP contribution in [0.15, 0.2) is 29.3 Å². The van der Waals surface area contributed by atoms with Gasteiger partial charge in [0, 0.05) is 14.1 Å². The van der Waals surface area contributed by atoms with Gasteiger partial charge in [0.25, 0.3) is 5.91 Å². The van der Waals surface area contributed by atoms with Crippen LogP contribution in [0.1, 0.15) is 5.56 Å². The molecule has 140 valence electrons. The Morgan fingerprint density at radius 3 is 2.77 bits per heavy atom. The van der Waals surface area contributed by atoms with Gasteiger partial charge in [0.2, 0.25) is 0 Å². The Hall–Kier alpha value is -2.81. The van der Waals surface area contributed by atoms with Gasteiger partial charge in [-0.15, -0.1) is 0 Å². The number of guanidine groups is 1. The molecule has 0 unspecified atom stereocenters. The number of hydrogen-bond acceptors (Lipinski definition) is 7. The van der Waals surface area contributed by atoms with E-state index in [-0.39, 0.29) is 19.1 Å². The summed E-state index contributed by atoms with van der Waals surface area (Å²) in [5, 5.41) is 10.3. The first-order valence-electron chi connectivity index (χ1n) is 8.31. The molecule has 0 aliphatic carbocycles. The number of nitrogens with zero attached hydrogens (tertiary/aromatic N) is 4. The van der Waals surface area contributed by atoms with E-state index in [1.54, 1.807) is 7.05 Å². The van der Waals surface area contributed by atoms with E-state index in [2.05, 4.69) is 4.99 Å². The minimum atomic E-state index is -0.885. The number of imide groups is 1. The van der Waals surface area contributed by atoms with Crippen LogP contribution < -0.4 is 10.5 Å². The number of urea groups is 1. The molecule has 0 radical (unpaired) electrons. The third kappa shape index (κ3) is 3.17. The molecule has 9 nitrogen and oxygen atoms in total. The monoisotopic (exact) mass is 361 g/mol. The number of amides is 3. The number of hydrogen-bond donors (Lipinski definition) is 2. The third-order valence-electron chi connectivity index (χ3n) is 4.59. The largest absolute Gasteiger partial charge is 0.491 e. The highest BCUT2D eigenvalue weighted by Gasteiger charge is 2.50. The molecule has 2 aliphatic rings. The minimum Gasteiger partial charge on any atom is -0.491 e. The molecule has 2 heterocycles. The molecule has 0 spiro atoms. The lowest BCUT2D eigenvalue weighted by molar-refractivity contribution is -0.136. The van der Waals surface area contributed by atoms with Crippen molar-refractivity contribution in [2.75, 3.05) is 27.2 Å². The zero-order chi connectivity index (χ0) is 19.0. The standard InChI is InChI=1S/C17H23N5O4/c1-10-5-4-6-12(7-10)26-9-11(23)8-22-13-14(19-16(22)18)20(2)17(25)21(3)15(13)24/h4-7,11,13-14,23H,8-9H2,1-3H3,(H2,18,19)/t11-,13-,14-/m1/s1. The van der Waals surface area contributed by atoms with Crippen molar-refractivity contribution in [3.8, 4) is 5.75 Å². The number of likely N-dealkylation sites (N-methyl/N-ethyl adjacent to an activating group) is 2. The van der Waals surface area contributed by atoms with Gasteiger partial charge in [-0.2, -0.15) is 0 Å². The lowest BCUT2D eigenvalue weighted by Gasteiger charge is -2.40. The SMILES string of the molecule is Cc1cccc(OC[C@H](O)CN2C(N)=N[C@H]3[C@@H]2C(=O)N(C)C(=O)N3C)c1. The number of ether oxygens (including phenoxy) is 1. The molecule has 1 fully saturated rings. The first kappa shape index (κ1) is 18.0. The molecule has 3 atom stereocenters. The van der Waals surface area contributed by atoms with Crippen molar-refractivity contribution in [2.45, 2.75) is 25.2 Å². The second kappa shape index (κ2) is 6.83. The van der Waals surface area contributed by atoms with Gasteiger partial charge in [-0.05, 0) is 24.6 Å². The van der Waals surface area contributed by atoms with E-state index in [1.807, 2.05) is 31.2 Å². The topological polar surface area (TPSA) is 112 Å². The summed E-state index contributed by atoms with van der Waals surface area (Å²) in [4.78, 5) is 32.7. The van der Waals surface area contributed by atoms with Gasteiger partial charge in [0.1, 0.15) is 18.5 Å². The van der Waals surface area contributed by atoms with Crippen LogP contribution in [0, 0.1) is 6.92 Å². The molecule has 1 aromatic carbocycles. The van der Waals surface area contributed by atoms with Crippen molar-refractivity contribution in [3.63, 3.8) is 0 Å². The molecular weight excluding hydrogens is 338 g/mol. The molecule has 9 heteroatoms. The Morgan fingerprint density at radius 1 is 1.35 bits per heavy atom. The first-order chi connectivity index (χ1) is 12.3. The number of benzene rings is 1. The summed E-state index contributed by atoms with van der Waals surface area (Å²) in [6.45, 7) is 2.07. The fourth-order valence-electron chi connectivity index (χ4n) is 3.17. The second-order valence-electron chi connectivity index (χ2n) is 6.57. The number of carbonyl (C=O) groups excluding carboxylic acids is 2. The maximum absolute atomic E-state index is 12.5. The lowest BCUT2D eigenvalue weighted by atomic mass is 10.1. The quantitative estimate of drug-likeness (QED) is 0.737. The molecule has 3 N–H and O–H groups in total. The predicted molar refractivity (Wildman–Crippen MR) is 94.5 cm³/mol. The number of rotatable bonds is 5. The number of carbonyl (C=O) groups is 2. The Morgan fingerprint density at radius 2 is 2.08 bits per heavy atom. The lowest BCUT2D eigenvalue weighted by Crippen LogP contribution is -2.65. The highest BCUT2D eigenvalue weighted by atomic mass is 16.5. The van der Waals surface area contributed by atoms with Gasteiger partial charge in [0.05, 0.1) is 6.54 Å². The van der Waals surface area contributed by atoms with Gasteiger partial charge in [-0.3, -0.25) is 9.69 Å². The van der Waals surface area contributed by atoms with Crippen LogP contribution in [0.25, 0.3) is 0 Å². The van der Waals surface area contributed by atoms with E-state index in [4.69, 9.17) is 10.5 Å². The fourth-order valence-corrected chi connectivity index (χ4v) is 3.17. The van der Waals surface area contributed by atoms with Crippen LogP contribution >= 0.6 is 0 Å². The molecular formula is C17H23N5O4. The Bertz CT molecular complexity index is 752. The van der Waals surface area contributed by atoms with Crippen molar-refractivity contribution in [1.82, 2.24) is 14.7 Å². The molecule has 1 aromatic rings. The van der Waals surface area contributed by atoms with E-state index < -0.39 is 30.2 Å². The number of aryl methyl sites for hydroxylation is 1. The fraction of sp³-hybridized carbons (Fsp3) is 0.471. The van der Waals surface area contributed by atoms with Gasteiger partial charge in [-0.25, -0.2) is 9.79 Å². The molecule has 26 heavy (non-hydrogen) atoms. The first-order valence-corrected chi connectivity index (χ1v) is 8.31. The zero-order valence-corrected chi connectivity index (χ0v) is 15.0.